The van der Waals surface area contributed by atoms with Gasteiger partial charge < -0.3 is 4.74 Å². The van der Waals surface area contributed by atoms with Gasteiger partial charge in [0, 0.05) is 12.6 Å². The molecule has 0 aliphatic carbocycles. The molecule has 1 heterocycles. The van der Waals surface area contributed by atoms with Crippen LogP contribution in [0, 0.1) is 0 Å². The van der Waals surface area contributed by atoms with Crippen LogP contribution in [0.25, 0.3) is 0 Å². The number of nitrogens with one attached hydrogen (secondary N) is 1. The molecule has 1 aliphatic rings. The van der Waals surface area contributed by atoms with Crippen LogP contribution in [0.4, 0.5) is 0 Å². The summed E-state index contributed by atoms with van der Waals surface area (Å²) in [5.74, 6) is 5.64. The molecule has 5 heteroatoms. The first-order valence-electron chi connectivity index (χ1n) is 7.20. The number of hydrazine groups is 1. The van der Waals surface area contributed by atoms with Crippen LogP contribution in [-0.4, -0.2) is 18.8 Å². The minimum atomic E-state index is 0.258. The van der Waals surface area contributed by atoms with Crippen molar-refractivity contribution in [2.75, 3.05) is 6.61 Å². The second kappa shape index (κ2) is 8.20. The highest BCUT2D eigenvalue weighted by atomic mass is 35.5. The summed E-state index contributed by atoms with van der Waals surface area (Å²) in [5.41, 5.74) is 4.05. The van der Waals surface area contributed by atoms with E-state index in [2.05, 4.69) is 5.43 Å². The third-order valence-electron chi connectivity index (χ3n) is 3.80. The summed E-state index contributed by atoms with van der Waals surface area (Å²) in [6, 6.07) is 6.00. The van der Waals surface area contributed by atoms with E-state index in [4.69, 9.17) is 33.8 Å². The molecule has 1 saturated heterocycles. The average molecular weight is 317 g/mol. The molecule has 112 valence electrons. The summed E-state index contributed by atoms with van der Waals surface area (Å²) in [6.45, 7) is 0.923. The zero-order chi connectivity index (χ0) is 14.4. The molecule has 0 spiro atoms. The number of ether oxygens (including phenoxy) is 1. The molecule has 0 aromatic heterocycles. The minimum absolute atomic E-state index is 0.258. The molecule has 1 aromatic rings. The summed E-state index contributed by atoms with van der Waals surface area (Å²) in [5, 5.41) is 1.19. The van der Waals surface area contributed by atoms with Gasteiger partial charge in [-0.25, -0.2) is 0 Å². The van der Waals surface area contributed by atoms with Gasteiger partial charge in [-0.2, -0.15) is 0 Å². The third-order valence-corrected chi connectivity index (χ3v) is 4.54. The lowest BCUT2D eigenvalue weighted by molar-refractivity contribution is 0.101. The topological polar surface area (TPSA) is 47.3 Å². The second-order valence-corrected chi connectivity index (χ2v) is 6.20. The van der Waals surface area contributed by atoms with Crippen molar-refractivity contribution in [3.8, 4) is 0 Å². The summed E-state index contributed by atoms with van der Waals surface area (Å²) in [7, 11) is 0. The van der Waals surface area contributed by atoms with Gasteiger partial charge in [-0.15, -0.1) is 0 Å². The zero-order valence-corrected chi connectivity index (χ0v) is 13.1. The first-order valence-corrected chi connectivity index (χ1v) is 7.96. The molecule has 0 radical (unpaired) electrons. The van der Waals surface area contributed by atoms with Crippen LogP contribution in [0.1, 0.15) is 37.7 Å². The fourth-order valence-corrected chi connectivity index (χ4v) is 2.98. The van der Waals surface area contributed by atoms with Gasteiger partial charge in [0.25, 0.3) is 0 Å². The molecule has 20 heavy (non-hydrogen) atoms. The van der Waals surface area contributed by atoms with Crippen LogP contribution in [0.5, 0.6) is 0 Å². The SMILES string of the molecule is NNC(CCCC1CCCO1)Cc1ccc(Cl)c(Cl)c1. The molecule has 2 atom stereocenters. The first kappa shape index (κ1) is 16.1. The number of benzene rings is 1. The number of nitrogens with two attached hydrogens (primary N) is 1. The van der Waals surface area contributed by atoms with Crippen molar-refractivity contribution in [2.24, 2.45) is 5.84 Å². The molecule has 2 rings (SSSR count). The van der Waals surface area contributed by atoms with Gasteiger partial charge >= 0.3 is 0 Å². The van der Waals surface area contributed by atoms with Gasteiger partial charge in [0.2, 0.25) is 0 Å². The van der Waals surface area contributed by atoms with Crippen molar-refractivity contribution < 1.29 is 4.74 Å². The Kier molecular flexibility index (Phi) is 6.59. The highest BCUT2D eigenvalue weighted by Gasteiger charge is 2.16. The molecule has 1 aliphatic heterocycles. The van der Waals surface area contributed by atoms with Crippen molar-refractivity contribution in [1.82, 2.24) is 5.43 Å². The Labute approximate surface area is 130 Å². The van der Waals surface area contributed by atoms with E-state index in [0.717, 1.165) is 37.9 Å². The second-order valence-electron chi connectivity index (χ2n) is 5.38. The molecule has 0 saturated carbocycles. The first-order chi connectivity index (χ1) is 9.69. The van der Waals surface area contributed by atoms with E-state index in [9.17, 15) is 0 Å². The molecule has 0 bridgehead atoms. The van der Waals surface area contributed by atoms with Crippen LogP contribution in [-0.2, 0) is 11.2 Å². The van der Waals surface area contributed by atoms with Crippen molar-refractivity contribution in [3.63, 3.8) is 0 Å². The van der Waals surface area contributed by atoms with Crippen molar-refractivity contribution in [1.29, 1.82) is 0 Å². The quantitative estimate of drug-likeness (QED) is 0.595. The minimum Gasteiger partial charge on any atom is -0.378 e. The standard InChI is InChI=1S/C15H22Cl2N2O/c16-14-7-6-11(10-15(14)17)9-12(19-18)3-1-4-13-5-2-8-20-13/h6-7,10,12-13,19H,1-5,8-9,18H2. The molecular weight excluding hydrogens is 295 g/mol. The van der Waals surface area contributed by atoms with Gasteiger partial charge in [-0.3, -0.25) is 11.3 Å². The largest absolute Gasteiger partial charge is 0.378 e. The van der Waals surface area contributed by atoms with Crippen LogP contribution in [0.3, 0.4) is 0 Å². The maximum Gasteiger partial charge on any atom is 0.0595 e. The van der Waals surface area contributed by atoms with Gasteiger partial charge in [-0.1, -0.05) is 29.3 Å². The van der Waals surface area contributed by atoms with E-state index >= 15 is 0 Å². The maximum absolute atomic E-state index is 6.03. The van der Waals surface area contributed by atoms with E-state index in [1.54, 1.807) is 0 Å². The fourth-order valence-electron chi connectivity index (χ4n) is 2.66. The van der Waals surface area contributed by atoms with Gasteiger partial charge in [0.05, 0.1) is 16.1 Å². The lowest BCUT2D eigenvalue weighted by Crippen LogP contribution is -2.36. The predicted octanol–water partition coefficient (Wildman–Crippen LogP) is 3.72. The smallest absolute Gasteiger partial charge is 0.0595 e. The Morgan fingerprint density at radius 1 is 1.35 bits per heavy atom. The Bertz CT molecular complexity index is 422. The van der Waals surface area contributed by atoms with Crippen LogP contribution in [0.15, 0.2) is 18.2 Å². The van der Waals surface area contributed by atoms with Gasteiger partial charge in [-0.05, 0) is 56.2 Å². The van der Waals surface area contributed by atoms with Gasteiger partial charge in [0.15, 0.2) is 0 Å². The van der Waals surface area contributed by atoms with E-state index < -0.39 is 0 Å². The number of halogens is 2. The molecule has 1 aromatic carbocycles. The fraction of sp³-hybridized carbons (Fsp3) is 0.600. The van der Waals surface area contributed by atoms with Crippen molar-refractivity contribution >= 4 is 23.2 Å². The molecule has 3 nitrogen and oxygen atoms in total. The lowest BCUT2D eigenvalue weighted by atomic mass is 10.00. The summed E-state index contributed by atoms with van der Waals surface area (Å²) < 4.78 is 5.63. The zero-order valence-electron chi connectivity index (χ0n) is 11.6. The van der Waals surface area contributed by atoms with E-state index in [-0.39, 0.29) is 6.04 Å². The molecule has 2 unspecified atom stereocenters. The Morgan fingerprint density at radius 2 is 2.20 bits per heavy atom. The number of hydrogen-bond acceptors (Lipinski definition) is 3. The highest BCUT2D eigenvalue weighted by Crippen LogP contribution is 2.24. The maximum atomic E-state index is 6.03. The van der Waals surface area contributed by atoms with Crippen molar-refractivity contribution in [3.05, 3.63) is 33.8 Å². The summed E-state index contributed by atoms with van der Waals surface area (Å²) >= 11 is 12.0. The highest BCUT2D eigenvalue weighted by molar-refractivity contribution is 6.42. The average Bonchev–Trinajstić information content (AvgIpc) is 2.95. The van der Waals surface area contributed by atoms with Crippen LogP contribution >= 0.6 is 23.2 Å². The van der Waals surface area contributed by atoms with E-state index in [1.165, 1.54) is 12.8 Å². The Hall–Kier alpha value is -0.320. The summed E-state index contributed by atoms with van der Waals surface area (Å²) in [4.78, 5) is 0. The van der Waals surface area contributed by atoms with Crippen molar-refractivity contribution in [2.45, 2.75) is 50.7 Å². The lowest BCUT2D eigenvalue weighted by Gasteiger charge is -2.17. The van der Waals surface area contributed by atoms with Gasteiger partial charge in [0.1, 0.15) is 0 Å². The Balaban J connectivity index is 1.77. The molecule has 0 amide bonds. The Morgan fingerprint density at radius 3 is 2.85 bits per heavy atom. The summed E-state index contributed by atoms with van der Waals surface area (Å²) in [6.07, 6.45) is 7.01. The predicted molar refractivity (Wildman–Crippen MR) is 84.1 cm³/mol. The van der Waals surface area contributed by atoms with E-state index in [0.29, 0.717) is 16.1 Å². The number of hydrogen-bond donors (Lipinski definition) is 2. The normalized spacial score (nSPS) is 20.2. The van der Waals surface area contributed by atoms with E-state index in [1.807, 2.05) is 18.2 Å². The van der Waals surface area contributed by atoms with Crippen LogP contribution in [0.2, 0.25) is 10.0 Å². The molecule has 1 fully saturated rings. The monoisotopic (exact) mass is 316 g/mol. The molecule has 3 N–H and O–H groups in total. The number of rotatable bonds is 7. The van der Waals surface area contributed by atoms with Crippen LogP contribution < -0.4 is 11.3 Å². The molecular formula is C15H22Cl2N2O. The third kappa shape index (κ3) is 4.90.